The summed E-state index contributed by atoms with van der Waals surface area (Å²) in [5.74, 6) is 0. The third-order valence-electron chi connectivity index (χ3n) is 1.77. The average Bonchev–Trinajstić information content (AvgIpc) is 1.86. The molecule has 0 aliphatic carbocycles. The minimum absolute atomic E-state index is 0. The Bertz CT molecular complexity index is 245. The molecule has 12 heavy (non-hydrogen) atoms. The Labute approximate surface area is 105 Å². The van der Waals surface area contributed by atoms with Crippen molar-refractivity contribution in [1.29, 1.82) is 0 Å². The summed E-state index contributed by atoms with van der Waals surface area (Å²) in [5, 5.41) is 0. The molecule has 0 N–H and O–H groups in total. The molecular formula is C11H17Ca. The first-order valence-corrected chi connectivity index (χ1v) is 3.99. The van der Waals surface area contributed by atoms with Crippen LogP contribution in [0.2, 0.25) is 0 Å². The van der Waals surface area contributed by atoms with Crippen LogP contribution in [0.25, 0.3) is 0 Å². The third-order valence-corrected chi connectivity index (χ3v) is 1.77. The fourth-order valence-electron chi connectivity index (χ4n) is 1.01. The molecule has 63 valence electrons. The van der Waals surface area contributed by atoms with Crippen molar-refractivity contribution in [3.63, 3.8) is 0 Å². The third kappa shape index (κ3) is 3.47. The molecule has 0 nitrogen and oxygen atoms in total. The molecule has 1 radical (unpaired) electrons. The predicted octanol–water partition coefficient (Wildman–Crippen LogP) is 2.18. The summed E-state index contributed by atoms with van der Waals surface area (Å²) in [6.07, 6.45) is 0. The van der Waals surface area contributed by atoms with E-state index in [1.807, 2.05) is 6.07 Å². The van der Waals surface area contributed by atoms with E-state index in [1.165, 1.54) is 11.1 Å². The van der Waals surface area contributed by atoms with Gasteiger partial charge in [-0.15, -0.1) is 0 Å². The summed E-state index contributed by atoms with van der Waals surface area (Å²) in [6, 6.07) is 9.52. The van der Waals surface area contributed by atoms with Crippen LogP contribution in [0.5, 0.6) is 0 Å². The fraction of sp³-hybridized carbons (Fsp3) is 0.455. The van der Waals surface area contributed by atoms with Gasteiger partial charge in [0.25, 0.3) is 0 Å². The van der Waals surface area contributed by atoms with Crippen molar-refractivity contribution in [2.45, 2.75) is 33.1 Å². The van der Waals surface area contributed by atoms with Gasteiger partial charge in [0.15, 0.2) is 0 Å². The van der Waals surface area contributed by atoms with Crippen molar-refractivity contribution in [1.82, 2.24) is 0 Å². The van der Waals surface area contributed by atoms with E-state index < -0.39 is 0 Å². The van der Waals surface area contributed by atoms with Crippen molar-refractivity contribution in [3.8, 4) is 0 Å². The second-order valence-corrected chi connectivity index (χ2v) is 4.03. The Morgan fingerprint density at radius 2 is 1.83 bits per heavy atom. The van der Waals surface area contributed by atoms with E-state index in [0.717, 1.165) is 0 Å². The van der Waals surface area contributed by atoms with Crippen LogP contribution in [0.4, 0.5) is 0 Å². The first-order chi connectivity index (χ1) is 5.00. The van der Waals surface area contributed by atoms with Crippen molar-refractivity contribution in [2.24, 2.45) is 0 Å². The zero-order valence-electron chi connectivity index (χ0n) is 7.73. The van der Waals surface area contributed by atoms with Crippen LogP contribution in [0.1, 0.15) is 31.9 Å². The van der Waals surface area contributed by atoms with Crippen LogP contribution >= 0.6 is 0 Å². The van der Waals surface area contributed by atoms with E-state index in [2.05, 4.69) is 45.9 Å². The first-order valence-electron chi connectivity index (χ1n) is 3.99. The molecule has 0 atom stereocenters. The molecule has 1 rings (SSSR count). The molecule has 0 saturated heterocycles. The number of rotatable bonds is 0. The van der Waals surface area contributed by atoms with E-state index in [4.69, 9.17) is 0 Å². The number of hydrogen-bond acceptors (Lipinski definition) is 0. The molecule has 1 aromatic rings. The number of benzene rings is 1. The molecule has 0 amide bonds. The van der Waals surface area contributed by atoms with Crippen LogP contribution in [0.15, 0.2) is 18.2 Å². The van der Waals surface area contributed by atoms with Gasteiger partial charge in [-0.1, -0.05) is 44.5 Å². The fourth-order valence-corrected chi connectivity index (χ4v) is 1.01. The Balaban J connectivity index is 0.00000121. The Kier molecular flexibility index (Phi) is 4.83. The van der Waals surface area contributed by atoms with Gasteiger partial charge >= 0.3 is 37.7 Å². The summed E-state index contributed by atoms with van der Waals surface area (Å²) in [5.41, 5.74) is 2.83. The molecule has 0 heterocycles. The van der Waals surface area contributed by atoms with Crippen LogP contribution in [-0.4, -0.2) is 37.7 Å². The SMILES string of the molecule is Cc1cc[c]c(C(C)(C)C)c1.[CaH2]. The maximum absolute atomic E-state index is 3.25. The first kappa shape index (κ1) is 12.5. The van der Waals surface area contributed by atoms with Gasteiger partial charge in [-0.05, 0) is 24.0 Å². The van der Waals surface area contributed by atoms with Crippen molar-refractivity contribution in [3.05, 3.63) is 35.4 Å². The van der Waals surface area contributed by atoms with Gasteiger partial charge in [0, 0.05) is 0 Å². The van der Waals surface area contributed by atoms with Crippen molar-refractivity contribution in [2.75, 3.05) is 0 Å². The Morgan fingerprint density at radius 3 is 2.17 bits per heavy atom. The minimum atomic E-state index is 0. The van der Waals surface area contributed by atoms with Gasteiger partial charge in [0.05, 0.1) is 0 Å². The second kappa shape index (κ2) is 4.64. The summed E-state index contributed by atoms with van der Waals surface area (Å²) < 4.78 is 0. The molecule has 0 aliphatic heterocycles. The van der Waals surface area contributed by atoms with Crippen LogP contribution in [0.3, 0.4) is 0 Å². The molecule has 1 aromatic carbocycles. The van der Waals surface area contributed by atoms with E-state index in [0.29, 0.717) is 0 Å². The van der Waals surface area contributed by atoms with E-state index >= 15 is 0 Å². The van der Waals surface area contributed by atoms with Crippen LogP contribution in [0, 0.1) is 13.0 Å². The molecule has 0 saturated carbocycles. The standard InChI is InChI=1S/C11H15.Ca.2H/c1-9-6-5-7-10(8-9)11(2,3)4;;;/h5-6,8H,1-4H3;;;. The quantitative estimate of drug-likeness (QED) is 0.549. The number of hydrogen-bond donors (Lipinski definition) is 0. The van der Waals surface area contributed by atoms with E-state index in [9.17, 15) is 0 Å². The van der Waals surface area contributed by atoms with Crippen LogP contribution in [-0.2, 0) is 5.41 Å². The van der Waals surface area contributed by atoms with Gasteiger partial charge in [-0.25, -0.2) is 0 Å². The molecular weight excluding hydrogens is 172 g/mol. The van der Waals surface area contributed by atoms with Gasteiger partial charge < -0.3 is 0 Å². The normalized spacial score (nSPS) is 10.7. The molecule has 0 spiro atoms. The van der Waals surface area contributed by atoms with E-state index in [-0.39, 0.29) is 43.2 Å². The van der Waals surface area contributed by atoms with Crippen molar-refractivity contribution < 1.29 is 0 Å². The molecule has 0 bridgehead atoms. The summed E-state index contributed by atoms with van der Waals surface area (Å²) in [6.45, 7) is 8.73. The van der Waals surface area contributed by atoms with Crippen LogP contribution < -0.4 is 0 Å². The van der Waals surface area contributed by atoms with Gasteiger partial charge in [0.2, 0.25) is 0 Å². The monoisotopic (exact) mass is 189 g/mol. The van der Waals surface area contributed by atoms with Crippen molar-refractivity contribution >= 4 is 37.7 Å². The Morgan fingerprint density at radius 1 is 1.25 bits per heavy atom. The summed E-state index contributed by atoms with van der Waals surface area (Å²) in [7, 11) is 0. The van der Waals surface area contributed by atoms with Gasteiger partial charge in [-0.2, -0.15) is 0 Å². The molecule has 0 unspecified atom stereocenters. The van der Waals surface area contributed by atoms with Gasteiger partial charge in [0.1, 0.15) is 0 Å². The number of aryl methyl sites for hydroxylation is 1. The second-order valence-electron chi connectivity index (χ2n) is 4.03. The molecule has 0 aliphatic rings. The maximum atomic E-state index is 3.25. The molecule has 0 aromatic heterocycles. The predicted molar refractivity (Wildman–Crippen MR) is 57.3 cm³/mol. The average molecular weight is 189 g/mol. The summed E-state index contributed by atoms with van der Waals surface area (Å²) >= 11 is 0. The molecule has 1 heteroatoms. The zero-order chi connectivity index (χ0) is 8.48. The molecule has 0 fully saturated rings. The Hall–Kier alpha value is 0.480. The topological polar surface area (TPSA) is 0 Å². The van der Waals surface area contributed by atoms with Gasteiger partial charge in [-0.3, -0.25) is 0 Å². The summed E-state index contributed by atoms with van der Waals surface area (Å²) in [4.78, 5) is 0. The zero-order valence-corrected chi connectivity index (χ0v) is 7.73. The van der Waals surface area contributed by atoms with E-state index in [1.54, 1.807) is 0 Å².